The Hall–Kier alpha value is -3.69. The predicted molar refractivity (Wildman–Crippen MR) is 190 cm³/mol. The summed E-state index contributed by atoms with van der Waals surface area (Å²) in [7, 11) is 1.68. The topological polar surface area (TPSA) is 62.0 Å². The third-order valence-corrected chi connectivity index (χ3v) is 7.30. The molecule has 2 rings (SSSR count). The molecule has 6 nitrogen and oxygen atoms in total. The van der Waals surface area contributed by atoms with Gasteiger partial charge in [-0.05, 0) is 102 Å². The summed E-state index contributed by atoms with van der Waals surface area (Å²) in [5.74, 6) is 0.831. The van der Waals surface area contributed by atoms with Crippen LogP contribution in [0.25, 0.3) is 0 Å². The van der Waals surface area contributed by atoms with Crippen molar-refractivity contribution in [2.45, 2.75) is 93.2 Å². The van der Waals surface area contributed by atoms with Gasteiger partial charge in [0, 0.05) is 43.8 Å². The van der Waals surface area contributed by atoms with Crippen LogP contribution < -0.4 is 15.4 Å². The van der Waals surface area contributed by atoms with Crippen molar-refractivity contribution < 1.29 is 9.53 Å². The summed E-state index contributed by atoms with van der Waals surface area (Å²) < 4.78 is 5.34. The molecule has 0 saturated heterocycles. The zero-order valence-electron chi connectivity index (χ0n) is 28.7. The van der Waals surface area contributed by atoms with E-state index >= 15 is 0 Å². The zero-order chi connectivity index (χ0) is 32.9. The summed E-state index contributed by atoms with van der Waals surface area (Å²) in [6.07, 6.45) is 16.1. The van der Waals surface area contributed by atoms with E-state index in [-0.39, 0.29) is 6.04 Å². The van der Waals surface area contributed by atoms with Crippen LogP contribution >= 0.6 is 0 Å². The molecule has 0 unspecified atom stereocenters. The van der Waals surface area contributed by atoms with Gasteiger partial charge in [0.2, 0.25) is 0 Å². The van der Waals surface area contributed by atoms with Crippen LogP contribution in [-0.2, 0) is 11.3 Å². The zero-order valence-corrected chi connectivity index (χ0v) is 28.7. The average molecular weight is 603 g/mol. The molecule has 0 spiro atoms. The minimum atomic E-state index is 0.278. The Bertz CT molecular complexity index is 1190. The number of nitrogens with two attached hydrogens (primary N) is 1. The Kier molecular flexibility index (Phi) is 19.1. The molecule has 2 N–H and O–H groups in total. The van der Waals surface area contributed by atoms with E-state index in [4.69, 9.17) is 16.9 Å². The van der Waals surface area contributed by atoms with Gasteiger partial charge in [-0.1, -0.05) is 63.0 Å². The molecule has 0 amide bonds. The van der Waals surface area contributed by atoms with Crippen molar-refractivity contribution in [2.75, 3.05) is 43.9 Å². The first-order chi connectivity index (χ1) is 21.1. The van der Waals surface area contributed by atoms with Crippen LogP contribution in [0.4, 0.5) is 17.1 Å². The molecule has 0 fully saturated rings. The van der Waals surface area contributed by atoms with E-state index in [0.717, 1.165) is 80.2 Å². The number of anilines is 3. The summed E-state index contributed by atoms with van der Waals surface area (Å²) in [5, 5.41) is 0. The number of allylic oxidation sites excluding steroid dienone is 4. The molecule has 0 aliphatic rings. The van der Waals surface area contributed by atoms with Gasteiger partial charge in [-0.15, -0.1) is 0 Å². The van der Waals surface area contributed by atoms with Crippen molar-refractivity contribution in [3.63, 3.8) is 0 Å². The molecule has 0 bridgehead atoms. The second-order valence-corrected chi connectivity index (χ2v) is 11.5. The normalized spacial score (nSPS) is 11.6. The first kappa shape index (κ1) is 38.3. The lowest BCUT2D eigenvalue weighted by Gasteiger charge is -2.30. The van der Waals surface area contributed by atoms with Crippen LogP contribution in [0.5, 0.6) is 5.75 Å². The number of ether oxygens (including phenoxy) is 1. The number of nitrogens with zero attached hydrogens (tertiary/aromatic N) is 3. The number of unbranched alkanes of at least 4 members (excludes halogenated alkanes) is 1. The third-order valence-electron chi connectivity index (χ3n) is 7.30. The lowest BCUT2D eigenvalue weighted by molar-refractivity contribution is -0.107. The second kappa shape index (κ2) is 21.9. The maximum absolute atomic E-state index is 10.1. The van der Waals surface area contributed by atoms with E-state index in [1.54, 1.807) is 7.11 Å². The fourth-order valence-electron chi connectivity index (χ4n) is 4.96. The quantitative estimate of drug-likeness (QED) is 0.0606. The number of nitrogen functional groups attached to an aromatic ring is 1. The van der Waals surface area contributed by atoms with Crippen LogP contribution in [0, 0.1) is 12.5 Å². The van der Waals surface area contributed by atoms with Gasteiger partial charge in [-0.25, -0.2) is 0 Å². The summed E-state index contributed by atoms with van der Waals surface area (Å²) in [4.78, 5) is 16.9. The molecule has 0 saturated carbocycles. The van der Waals surface area contributed by atoms with Gasteiger partial charge in [0.05, 0.1) is 18.5 Å². The molecule has 44 heavy (non-hydrogen) atoms. The molecular formula is C38H58N4O2. The van der Waals surface area contributed by atoms with E-state index in [2.05, 4.69) is 99.9 Å². The third kappa shape index (κ3) is 14.2. The van der Waals surface area contributed by atoms with Crippen molar-refractivity contribution >= 4 is 23.3 Å². The van der Waals surface area contributed by atoms with Crippen molar-refractivity contribution in [1.29, 1.82) is 0 Å². The first-order valence-corrected chi connectivity index (χ1v) is 16.2. The molecule has 6 heteroatoms. The van der Waals surface area contributed by atoms with Crippen LogP contribution in [0.3, 0.4) is 0 Å². The number of hydrogen-bond donors (Lipinski definition) is 1. The van der Waals surface area contributed by atoms with E-state index in [1.807, 2.05) is 24.0 Å². The Morgan fingerprint density at radius 1 is 1.00 bits per heavy atom. The SMILES string of the molecule is C#CN(CCN(c1ccc(OC)cc1)c1ccc(CN(CCC)CCCC)cc1N)C(C)C.CC/C=C(C)\C=C(\C)CC=O. The van der Waals surface area contributed by atoms with E-state index in [1.165, 1.54) is 24.0 Å². The minimum absolute atomic E-state index is 0.278. The van der Waals surface area contributed by atoms with Gasteiger partial charge in [-0.2, -0.15) is 0 Å². The van der Waals surface area contributed by atoms with Gasteiger partial charge in [0.25, 0.3) is 0 Å². The molecule has 0 aliphatic carbocycles. The molecule has 0 aromatic heterocycles. The number of aldehydes is 1. The molecule has 2 aromatic carbocycles. The Balaban J connectivity index is 0.000000747. The maximum Gasteiger partial charge on any atom is 0.124 e. The molecule has 0 aliphatic heterocycles. The number of carbonyl (C=O) groups is 1. The summed E-state index contributed by atoms with van der Waals surface area (Å²) >= 11 is 0. The number of rotatable bonds is 18. The van der Waals surface area contributed by atoms with Gasteiger partial charge >= 0.3 is 0 Å². The number of terminal acetylenes is 1. The highest BCUT2D eigenvalue weighted by atomic mass is 16.5. The highest BCUT2D eigenvalue weighted by Crippen LogP contribution is 2.32. The van der Waals surface area contributed by atoms with E-state index < -0.39 is 0 Å². The van der Waals surface area contributed by atoms with Crippen LogP contribution in [0.1, 0.15) is 86.1 Å². The molecule has 0 radical (unpaired) electrons. The van der Waals surface area contributed by atoms with Crippen LogP contribution in [-0.4, -0.2) is 55.4 Å². The van der Waals surface area contributed by atoms with Gasteiger partial charge in [0.15, 0.2) is 0 Å². The van der Waals surface area contributed by atoms with Gasteiger partial charge < -0.3 is 25.1 Å². The number of methoxy groups -OCH3 is 1. The van der Waals surface area contributed by atoms with E-state index in [9.17, 15) is 4.79 Å². The van der Waals surface area contributed by atoms with Crippen molar-refractivity contribution in [3.8, 4) is 18.2 Å². The van der Waals surface area contributed by atoms with Crippen molar-refractivity contribution in [1.82, 2.24) is 9.80 Å². The fraction of sp³-hybridized carbons (Fsp3) is 0.500. The Morgan fingerprint density at radius 3 is 2.23 bits per heavy atom. The highest BCUT2D eigenvalue weighted by molar-refractivity contribution is 5.75. The van der Waals surface area contributed by atoms with Gasteiger partial charge in [-0.3, -0.25) is 4.90 Å². The van der Waals surface area contributed by atoms with Crippen LogP contribution in [0.2, 0.25) is 0 Å². The standard InChI is InChI=1S/C28H42N4O.C10H16O/c1-7-10-18-30(17-8-2)22-24-11-16-28(27(29)21-24)32(20-19-31(9-3)23(4)5)25-12-14-26(33-6)15-13-25;1-4-5-9(2)8-10(3)6-7-11/h3,11-16,21,23H,7-8,10,17-20,22,29H2,1-2,4-6H3;5,7-8H,4,6H2,1-3H3/b;9-5-,10-8-. The fourth-order valence-corrected chi connectivity index (χ4v) is 4.96. The number of benzene rings is 2. The Labute approximate surface area is 268 Å². The molecule has 0 heterocycles. The summed E-state index contributed by atoms with van der Waals surface area (Å²) in [6.45, 7) is 19.5. The maximum atomic E-state index is 10.1. The van der Waals surface area contributed by atoms with Gasteiger partial charge in [0.1, 0.15) is 12.0 Å². The predicted octanol–water partition coefficient (Wildman–Crippen LogP) is 8.61. The highest BCUT2D eigenvalue weighted by Gasteiger charge is 2.16. The molecule has 0 atom stereocenters. The summed E-state index contributed by atoms with van der Waals surface area (Å²) in [5.41, 5.74) is 13.1. The largest absolute Gasteiger partial charge is 0.497 e. The smallest absolute Gasteiger partial charge is 0.124 e. The molecular weight excluding hydrogens is 544 g/mol. The monoisotopic (exact) mass is 602 g/mol. The lowest BCUT2D eigenvalue weighted by atomic mass is 10.1. The second-order valence-electron chi connectivity index (χ2n) is 11.5. The summed E-state index contributed by atoms with van der Waals surface area (Å²) in [6, 6.07) is 17.6. The average Bonchev–Trinajstić information content (AvgIpc) is 2.99. The van der Waals surface area contributed by atoms with Crippen molar-refractivity contribution in [2.24, 2.45) is 0 Å². The first-order valence-electron chi connectivity index (χ1n) is 16.2. The number of carbonyl (C=O) groups excluding carboxylic acids is 1. The van der Waals surface area contributed by atoms with E-state index in [0.29, 0.717) is 6.42 Å². The minimum Gasteiger partial charge on any atom is -0.497 e. The van der Waals surface area contributed by atoms with Crippen LogP contribution in [0.15, 0.2) is 65.8 Å². The molecule has 2 aromatic rings. The van der Waals surface area contributed by atoms with Crippen molar-refractivity contribution in [3.05, 3.63) is 71.3 Å². The number of hydrogen-bond acceptors (Lipinski definition) is 6. The lowest BCUT2D eigenvalue weighted by Crippen LogP contribution is -2.34. The Morgan fingerprint density at radius 2 is 1.70 bits per heavy atom. The molecule has 242 valence electrons.